The molecule has 5 heteroatoms. The van der Waals surface area contributed by atoms with Crippen molar-refractivity contribution < 1.29 is 10.0 Å². The Labute approximate surface area is 68.0 Å². The van der Waals surface area contributed by atoms with Crippen molar-refractivity contribution in [3.05, 3.63) is 11.4 Å². The minimum atomic E-state index is -1.32. The van der Waals surface area contributed by atoms with Gasteiger partial charge in [0.05, 0.1) is 4.21 Å². The molecule has 0 fully saturated rings. The van der Waals surface area contributed by atoms with Gasteiger partial charge in [-0.15, -0.1) is 23.1 Å². The van der Waals surface area contributed by atoms with Crippen molar-refractivity contribution in [1.82, 2.24) is 0 Å². The number of thiophene rings is 1. The van der Waals surface area contributed by atoms with Gasteiger partial charge >= 0.3 is 7.12 Å². The fourth-order valence-electron chi connectivity index (χ4n) is 0.573. The molecule has 0 aliphatic heterocycles. The first kappa shape index (κ1) is 8.13. The molecule has 1 aromatic heterocycles. The van der Waals surface area contributed by atoms with E-state index in [0.29, 0.717) is 5.46 Å². The maximum absolute atomic E-state index is 8.69. The van der Waals surface area contributed by atoms with Crippen LogP contribution >= 0.6 is 23.1 Å². The van der Waals surface area contributed by atoms with Gasteiger partial charge in [-0.3, -0.25) is 0 Å². The fourth-order valence-corrected chi connectivity index (χ4v) is 2.00. The Morgan fingerprint density at radius 3 is 2.60 bits per heavy atom. The first-order valence-corrected chi connectivity index (χ1v) is 4.83. The van der Waals surface area contributed by atoms with E-state index in [1.807, 2.05) is 6.26 Å². The predicted octanol–water partition coefficient (Wildman–Crippen LogP) is 0.150. The van der Waals surface area contributed by atoms with Gasteiger partial charge in [0.1, 0.15) is 0 Å². The van der Waals surface area contributed by atoms with Gasteiger partial charge in [0.25, 0.3) is 0 Å². The fraction of sp³-hybridized carbons (Fsp3) is 0.200. The summed E-state index contributed by atoms with van der Waals surface area (Å²) in [5.41, 5.74) is 0.578. The SMILES string of the molecule is CSc1cc(B(O)O)cs1. The molecule has 10 heavy (non-hydrogen) atoms. The molecular formula is C5H7BO2S2. The molecule has 2 nitrogen and oxygen atoms in total. The van der Waals surface area contributed by atoms with Gasteiger partial charge in [0.2, 0.25) is 0 Å². The van der Waals surface area contributed by atoms with E-state index >= 15 is 0 Å². The van der Waals surface area contributed by atoms with Crippen LogP contribution in [0.3, 0.4) is 0 Å². The Hall–Kier alpha value is 0.0349. The molecule has 0 amide bonds. The molecule has 0 aromatic carbocycles. The summed E-state index contributed by atoms with van der Waals surface area (Å²) in [7, 11) is -1.32. The average Bonchev–Trinajstić information content (AvgIpc) is 2.34. The van der Waals surface area contributed by atoms with Crippen LogP contribution < -0.4 is 5.46 Å². The standard InChI is InChI=1S/C5H7BO2S2/c1-9-5-2-4(3-10-5)6(7)8/h2-3,7-8H,1H3. The van der Waals surface area contributed by atoms with Crippen LogP contribution in [0.25, 0.3) is 0 Å². The summed E-state index contributed by atoms with van der Waals surface area (Å²) in [6.07, 6.45) is 1.96. The summed E-state index contributed by atoms with van der Waals surface area (Å²) >= 11 is 3.12. The normalized spacial score (nSPS) is 9.90. The van der Waals surface area contributed by atoms with Gasteiger partial charge in [-0.1, -0.05) is 0 Å². The van der Waals surface area contributed by atoms with Crippen LogP contribution in [-0.4, -0.2) is 23.4 Å². The minimum Gasteiger partial charge on any atom is -0.423 e. The molecule has 2 N–H and O–H groups in total. The van der Waals surface area contributed by atoms with E-state index in [1.165, 1.54) is 11.3 Å². The molecule has 1 rings (SSSR count). The zero-order chi connectivity index (χ0) is 7.56. The van der Waals surface area contributed by atoms with Gasteiger partial charge in [-0.2, -0.15) is 0 Å². The monoisotopic (exact) mass is 174 g/mol. The van der Waals surface area contributed by atoms with Gasteiger partial charge < -0.3 is 10.0 Å². The zero-order valence-corrected chi connectivity index (χ0v) is 7.08. The molecule has 0 spiro atoms. The number of hydrogen-bond donors (Lipinski definition) is 2. The lowest BCUT2D eigenvalue weighted by Crippen LogP contribution is -2.27. The van der Waals surface area contributed by atoms with E-state index in [-0.39, 0.29) is 0 Å². The highest BCUT2D eigenvalue weighted by molar-refractivity contribution is 8.00. The van der Waals surface area contributed by atoms with E-state index in [1.54, 1.807) is 23.2 Å². The molecule has 0 aliphatic carbocycles. The highest BCUT2D eigenvalue weighted by atomic mass is 32.2. The first-order valence-electron chi connectivity index (χ1n) is 2.72. The third-order valence-electron chi connectivity index (χ3n) is 1.10. The van der Waals surface area contributed by atoms with Gasteiger partial charge in [-0.05, 0) is 23.2 Å². The van der Waals surface area contributed by atoms with Crippen molar-refractivity contribution in [3.8, 4) is 0 Å². The summed E-state index contributed by atoms with van der Waals surface area (Å²) in [5, 5.41) is 19.1. The maximum Gasteiger partial charge on any atom is 0.489 e. The van der Waals surface area contributed by atoms with E-state index in [4.69, 9.17) is 10.0 Å². The summed E-state index contributed by atoms with van der Waals surface area (Å²) < 4.78 is 1.10. The van der Waals surface area contributed by atoms with Crippen LogP contribution in [0.5, 0.6) is 0 Å². The Kier molecular flexibility index (Phi) is 2.79. The van der Waals surface area contributed by atoms with Crippen molar-refractivity contribution in [2.75, 3.05) is 6.26 Å². The Morgan fingerprint density at radius 1 is 1.60 bits per heavy atom. The highest BCUT2D eigenvalue weighted by Gasteiger charge is 2.11. The number of thioether (sulfide) groups is 1. The average molecular weight is 174 g/mol. The van der Waals surface area contributed by atoms with Gasteiger partial charge in [-0.25, -0.2) is 0 Å². The Bertz CT molecular complexity index is 211. The summed E-state index contributed by atoms with van der Waals surface area (Å²) in [5.74, 6) is 0. The molecule has 0 aliphatic rings. The molecule has 0 unspecified atom stereocenters. The zero-order valence-electron chi connectivity index (χ0n) is 5.44. The molecule has 0 saturated carbocycles. The van der Waals surface area contributed by atoms with Gasteiger partial charge in [0, 0.05) is 0 Å². The maximum atomic E-state index is 8.69. The van der Waals surface area contributed by atoms with Crippen LogP contribution in [0.15, 0.2) is 15.7 Å². The van der Waals surface area contributed by atoms with Crippen molar-refractivity contribution in [2.24, 2.45) is 0 Å². The van der Waals surface area contributed by atoms with Crippen LogP contribution in [0.4, 0.5) is 0 Å². The molecule has 1 aromatic rings. The van der Waals surface area contributed by atoms with Crippen molar-refractivity contribution in [3.63, 3.8) is 0 Å². The second-order valence-corrected chi connectivity index (χ2v) is 3.79. The second kappa shape index (κ2) is 3.43. The molecule has 0 atom stereocenters. The second-order valence-electron chi connectivity index (χ2n) is 1.78. The quantitative estimate of drug-likeness (QED) is 0.495. The van der Waals surface area contributed by atoms with Crippen LogP contribution in [0.2, 0.25) is 0 Å². The molecule has 0 saturated heterocycles. The van der Waals surface area contributed by atoms with Crippen molar-refractivity contribution >= 4 is 35.7 Å². The Balaban J connectivity index is 2.78. The molecule has 0 bridgehead atoms. The first-order chi connectivity index (χ1) is 4.74. The third-order valence-corrected chi connectivity index (χ3v) is 3.14. The number of hydrogen-bond acceptors (Lipinski definition) is 4. The minimum absolute atomic E-state index is 0.578. The lowest BCUT2D eigenvalue weighted by atomic mass is 9.83. The van der Waals surface area contributed by atoms with Gasteiger partial charge in [0.15, 0.2) is 0 Å². The molecule has 1 heterocycles. The van der Waals surface area contributed by atoms with E-state index in [9.17, 15) is 0 Å². The summed E-state index contributed by atoms with van der Waals surface area (Å²) in [6, 6.07) is 1.78. The summed E-state index contributed by atoms with van der Waals surface area (Å²) in [4.78, 5) is 0. The smallest absolute Gasteiger partial charge is 0.423 e. The van der Waals surface area contributed by atoms with E-state index < -0.39 is 7.12 Å². The summed E-state index contributed by atoms with van der Waals surface area (Å²) in [6.45, 7) is 0. The predicted molar refractivity (Wildman–Crippen MR) is 45.9 cm³/mol. The molecule has 54 valence electrons. The topological polar surface area (TPSA) is 40.5 Å². The highest BCUT2D eigenvalue weighted by Crippen LogP contribution is 2.18. The van der Waals surface area contributed by atoms with E-state index in [2.05, 4.69) is 0 Å². The third kappa shape index (κ3) is 1.76. The lowest BCUT2D eigenvalue weighted by Gasteiger charge is -1.88. The number of rotatable bonds is 2. The van der Waals surface area contributed by atoms with Crippen LogP contribution in [0.1, 0.15) is 0 Å². The van der Waals surface area contributed by atoms with Crippen molar-refractivity contribution in [1.29, 1.82) is 0 Å². The van der Waals surface area contributed by atoms with Crippen molar-refractivity contribution in [2.45, 2.75) is 4.21 Å². The lowest BCUT2D eigenvalue weighted by molar-refractivity contribution is 0.426. The van der Waals surface area contributed by atoms with E-state index in [0.717, 1.165) is 4.21 Å². The molecular weight excluding hydrogens is 167 g/mol. The largest absolute Gasteiger partial charge is 0.489 e. The van der Waals surface area contributed by atoms with Crippen LogP contribution in [-0.2, 0) is 0 Å². The van der Waals surface area contributed by atoms with Crippen LogP contribution in [0, 0.1) is 0 Å². The Morgan fingerprint density at radius 2 is 2.30 bits per heavy atom. The molecule has 0 radical (unpaired) electrons.